The summed E-state index contributed by atoms with van der Waals surface area (Å²) < 4.78 is 6.94. The Balaban J connectivity index is 1.69. The van der Waals surface area contributed by atoms with Crippen LogP contribution in [0.1, 0.15) is 79.0 Å². The third-order valence-corrected chi connectivity index (χ3v) is 7.83. The molecule has 0 spiro atoms. The van der Waals surface area contributed by atoms with Crippen LogP contribution in [0.4, 0.5) is 0 Å². The third kappa shape index (κ3) is 4.58. The minimum atomic E-state index is 0.0276. The van der Waals surface area contributed by atoms with E-state index in [-0.39, 0.29) is 16.2 Å². The fourth-order valence-electron chi connectivity index (χ4n) is 6.38. The molecule has 0 amide bonds. The maximum absolute atomic E-state index is 6.94. The highest BCUT2D eigenvalue weighted by Gasteiger charge is 2.29. The van der Waals surface area contributed by atoms with Crippen LogP contribution in [0.15, 0.2) is 60.8 Å². The number of fused-ring (bicyclic) bond motifs is 5. The van der Waals surface area contributed by atoms with Gasteiger partial charge in [-0.15, -0.1) is 0 Å². The molecule has 39 heavy (non-hydrogen) atoms. The average molecular weight is 516 g/mol. The largest absolute Gasteiger partial charge is 0.456 e. The summed E-state index contributed by atoms with van der Waals surface area (Å²) in [5.74, 6) is 1.89. The van der Waals surface area contributed by atoms with Gasteiger partial charge in [-0.3, -0.25) is 4.98 Å². The second-order valence-electron chi connectivity index (χ2n) is 15.0. The fraction of sp³-hybridized carbons (Fsp3) is 0.378. The van der Waals surface area contributed by atoms with E-state index in [1.54, 1.807) is 0 Å². The lowest BCUT2D eigenvalue weighted by atomic mass is 9.80. The molecule has 0 fully saturated rings. The van der Waals surface area contributed by atoms with Gasteiger partial charge in [-0.1, -0.05) is 98.7 Å². The van der Waals surface area contributed by atoms with Crippen molar-refractivity contribution in [3.05, 3.63) is 77.5 Å². The molecule has 6 rings (SSSR count). The molecule has 1 aliphatic heterocycles. The first-order valence-electron chi connectivity index (χ1n) is 14.3. The molecule has 2 nitrogen and oxygen atoms in total. The number of hydrogen-bond donors (Lipinski definition) is 0. The van der Waals surface area contributed by atoms with Gasteiger partial charge in [0.1, 0.15) is 11.5 Å². The minimum absolute atomic E-state index is 0.0276. The summed E-state index contributed by atoms with van der Waals surface area (Å²) in [5.41, 5.74) is 6.53. The van der Waals surface area contributed by atoms with Crippen LogP contribution >= 0.6 is 0 Å². The number of ether oxygens (including phenoxy) is 1. The second kappa shape index (κ2) is 8.55. The Morgan fingerprint density at radius 2 is 1.44 bits per heavy atom. The van der Waals surface area contributed by atoms with Crippen LogP contribution < -0.4 is 4.74 Å². The average Bonchev–Trinajstić information content (AvgIpc) is 2.82. The molecule has 4 aromatic carbocycles. The molecule has 1 aliphatic rings. The van der Waals surface area contributed by atoms with E-state index < -0.39 is 0 Å². The first-order valence-corrected chi connectivity index (χ1v) is 14.3. The first kappa shape index (κ1) is 25.9. The van der Waals surface area contributed by atoms with E-state index in [0.29, 0.717) is 0 Å². The van der Waals surface area contributed by atoms with Gasteiger partial charge in [0.25, 0.3) is 0 Å². The van der Waals surface area contributed by atoms with Crippen LogP contribution in [0.3, 0.4) is 0 Å². The van der Waals surface area contributed by atoms with Gasteiger partial charge < -0.3 is 4.74 Å². The zero-order chi connectivity index (χ0) is 27.9. The number of aromatic nitrogens is 1. The smallest absolute Gasteiger partial charge is 0.140 e. The second-order valence-corrected chi connectivity index (χ2v) is 15.0. The summed E-state index contributed by atoms with van der Waals surface area (Å²) >= 11 is 0. The topological polar surface area (TPSA) is 22.1 Å². The SMILES string of the molecule is CC(C)(C)Cc1ccc2c(CC(C)(C)C)c3c(cc2c1)-c1nccc2c1c(cc1cccc(C(C)(C)C)c12)O3. The van der Waals surface area contributed by atoms with Crippen molar-refractivity contribution in [2.45, 2.75) is 80.6 Å². The lowest BCUT2D eigenvalue weighted by Gasteiger charge is -2.29. The van der Waals surface area contributed by atoms with E-state index in [9.17, 15) is 0 Å². The van der Waals surface area contributed by atoms with E-state index in [1.165, 1.54) is 43.6 Å². The fourth-order valence-corrected chi connectivity index (χ4v) is 6.38. The summed E-state index contributed by atoms with van der Waals surface area (Å²) in [7, 11) is 0. The van der Waals surface area contributed by atoms with Crippen molar-refractivity contribution in [2.75, 3.05) is 0 Å². The Hall–Kier alpha value is -3.39. The zero-order valence-electron chi connectivity index (χ0n) is 25.0. The van der Waals surface area contributed by atoms with Crippen molar-refractivity contribution in [2.24, 2.45) is 10.8 Å². The van der Waals surface area contributed by atoms with Crippen molar-refractivity contribution >= 4 is 32.3 Å². The normalized spacial score (nSPS) is 13.7. The van der Waals surface area contributed by atoms with Crippen LogP contribution in [0.2, 0.25) is 0 Å². The minimum Gasteiger partial charge on any atom is -0.456 e. The molecule has 0 unspecified atom stereocenters. The molecule has 0 atom stereocenters. The summed E-state index contributed by atoms with van der Waals surface area (Å²) in [5, 5.41) is 7.44. The molecule has 0 radical (unpaired) electrons. The molecular formula is C37H41NO. The van der Waals surface area contributed by atoms with Crippen molar-refractivity contribution in [1.82, 2.24) is 4.98 Å². The summed E-state index contributed by atoms with van der Waals surface area (Å²) in [4.78, 5) is 5.02. The van der Waals surface area contributed by atoms with Crippen molar-refractivity contribution < 1.29 is 4.74 Å². The Morgan fingerprint density at radius 3 is 2.13 bits per heavy atom. The lowest BCUT2D eigenvalue weighted by molar-refractivity contribution is 0.400. The maximum atomic E-state index is 6.94. The highest BCUT2D eigenvalue weighted by atomic mass is 16.5. The molecule has 0 bridgehead atoms. The highest BCUT2D eigenvalue weighted by Crippen LogP contribution is 2.52. The number of pyridine rings is 1. The van der Waals surface area contributed by atoms with E-state index in [1.807, 2.05) is 6.20 Å². The molecule has 200 valence electrons. The predicted octanol–water partition coefficient (Wildman–Crippen LogP) is 10.8. The molecule has 2 heteroatoms. The number of benzene rings is 4. The van der Waals surface area contributed by atoms with Gasteiger partial charge in [0.05, 0.1) is 11.1 Å². The molecular weight excluding hydrogens is 474 g/mol. The van der Waals surface area contributed by atoms with Crippen molar-refractivity contribution in [3.8, 4) is 22.8 Å². The van der Waals surface area contributed by atoms with Crippen LogP contribution in [-0.4, -0.2) is 4.98 Å². The third-order valence-electron chi connectivity index (χ3n) is 7.83. The van der Waals surface area contributed by atoms with Gasteiger partial charge in [0, 0.05) is 17.3 Å². The van der Waals surface area contributed by atoms with Crippen LogP contribution in [0.25, 0.3) is 43.6 Å². The molecule has 0 aliphatic carbocycles. The lowest BCUT2D eigenvalue weighted by Crippen LogP contribution is -2.13. The van der Waals surface area contributed by atoms with E-state index in [0.717, 1.165) is 41.0 Å². The van der Waals surface area contributed by atoms with Crippen LogP contribution in [0.5, 0.6) is 11.5 Å². The van der Waals surface area contributed by atoms with Crippen LogP contribution in [-0.2, 0) is 18.3 Å². The standard InChI is InChI=1S/C37H41NO/c1-35(2,3)20-22-13-14-25-24(17-22)18-27-33-32-26(15-16-38-33)31-23(11-10-12-29(31)37(7,8)9)19-30(32)39-34(27)28(25)21-36(4,5)6/h10-19H,20-21H2,1-9H3. The molecule has 1 aromatic heterocycles. The summed E-state index contributed by atoms with van der Waals surface area (Å²) in [6, 6.07) is 20.4. The molecule has 2 heterocycles. The Labute approximate surface area is 233 Å². The predicted molar refractivity (Wildman–Crippen MR) is 167 cm³/mol. The van der Waals surface area contributed by atoms with E-state index in [2.05, 4.69) is 117 Å². The van der Waals surface area contributed by atoms with Gasteiger partial charge in [0.2, 0.25) is 0 Å². The summed E-state index contributed by atoms with van der Waals surface area (Å²) in [6.45, 7) is 20.7. The quantitative estimate of drug-likeness (QED) is 0.214. The van der Waals surface area contributed by atoms with Crippen molar-refractivity contribution in [1.29, 1.82) is 0 Å². The number of nitrogens with zero attached hydrogens (tertiary/aromatic N) is 1. The maximum Gasteiger partial charge on any atom is 0.140 e. The molecule has 0 N–H and O–H groups in total. The van der Waals surface area contributed by atoms with Gasteiger partial charge in [-0.05, 0) is 85.3 Å². The van der Waals surface area contributed by atoms with Crippen molar-refractivity contribution in [3.63, 3.8) is 0 Å². The monoisotopic (exact) mass is 515 g/mol. The molecule has 0 saturated heterocycles. The van der Waals surface area contributed by atoms with E-state index >= 15 is 0 Å². The van der Waals surface area contributed by atoms with E-state index in [4.69, 9.17) is 9.72 Å². The van der Waals surface area contributed by atoms with Gasteiger partial charge >= 0.3 is 0 Å². The van der Waals surface area contributed by atoms with Gasteiger partial charge in [-0.2, -0.15) is 0 Å². The Morgan fingerprint density at radius 1 is 0.692 bits per heavy atom. The first-order chi connectivity index (χ1) is 18.2. The summed E-state index contributed by atoms with van der Waals surface area (Å²) in [6.07, 6.45) is 3.96. The van der Waals surface area contributed by atoms with Crippen LogP contribution in [0, 0.1) is 10.8 Å². The van der Waals surface area contributed by atoms with Gasteiger partial charge in [-0.25, -0.2) is 0 Å². The zero-order valence-corrected chi connectivity index (χ0v) is 25.0. The molecule has 5 aromatic rings. The Bertz CT molecular complexity index is 1770. The number of rotatable bonds is 2. The van der Waals surface area contributed by atoms with Gasteiger partial charge in [0.15, 0.2) is 0 Å². The molecule has 0 saturated carbocycles. The number of hydrogen-bond acceptors (Lipinski definition) is 2. The Kier molecular flexibility index (Phi) is 5.67. The highest BCUT2D eigenvalue weighted by molar-refractivity contribution is 6.17.